The number of halogens is 1. The summed E-state index contributed by atoms with van der Waals surface area (Å²) in [5.74, 6) is 1.31. The number of thiazole rings is 1. The van der Waals surface area contributed by atoms with Gasteiger partial charge in [-0.1, -0.05) is 12.1 Å². The monoisotopic (exact) mass is 373 g/mol. The first-order valence-corrected chi connectivity index (χ1v) is 10.1. The van der Waals surface area contributed by atoms with Crippen LogP contribution in [0, 0.1) is 24.6 Å². The molecule has 1 aromatic carbocycles. The van der Waals surface area contributed by atoms with Crippen LogP contribution in [-0.2, 0) is 6.42 Å². The summed E-state index contributed by atoms with van der Waals surface area (Å²) in [6.07, 6.45) is 2.81. The van der Waals surface area contributed by atoms with Crippen molar-refractivity contribution in [3.63, 3.8) is 0 Å². The number of fused-ring (bicyclic) bond motifs is 1. The normalized spacial score (nSPS) is 22.9. The van der Waals surface area contributed by atoms with Crippen molar-refractivity contribution < 1.29 is 9.18 Å². The summed E-state index contributed by atoms with van der Waals surface area (Å²) < 4.78 is 13.1. The third-order valence-electron chi connectivity index (χ3n) is 5.61. The average Bonchev–Trinajstić information content (AvgIpc) is 3.17. The molecule has 1 N–H and O–H groups in total. The largest absolute Gasteiger partial charge is 0.338 e. The van der Waals surface area contributed by atoms with E-state index in [9.17, 15) is 9.18 Å². The molecule has 2 saturated heterocycles. The Kier molecular flexibility index (Phi) is 5.05. The Hall–Kier alpha value is -1.79. The van der Waals surface area contributed by atoms with E-state index in [0.717, 1.165) is 60.2 Å². The molecule has 0 aliphatic carbocycles. The molecule has 0 saturated carbocycles. The molecule has 2 atom stereocenters. The second-order valence-corrected chi connectivity index (χ2v) is 8.46. The molecule has 4 nitrogen and oxygen atoms in total. The van der Waals surface area contributed by atoms with E-state index in [0.29, 0.717) is 18.3 Å². The van der Waals surface area contributed by atoms with Gasteiger partial charge in [0.05, 0.1) is 10.7 Å². The first-order valence-electron chi connectivity index (χ1n) is 9.31. The van der Waals surface area contributed by atoms with Crippen LogP contribution in [0.1, 0.15) is 38.8 Å². The Labute approximate surface area is 157 Å². The fourth-order valence-corrected chi connectivity index (χ4v) is 5.13. The third kappa shape index (κ3) is 3.67. The summed E-state index contributed by atoms with van der Waals surface area (Å²) in [6.45, 7) is 5.77. The first kappa shape index (κ1) is 17.6. The van der Waals surface area contributed by atoms with Gasteiger partial charge in [0, 0.05) is 19.5 Å². The Morgan fingerprint density at radius 1 is 1.23 bits per heavy atom. The molecule has 6 heteroatoms. The molecule has 2 aromatic rings. The lowest BCUT2D eigenvalue weighted by molar-refractivity contribution is 0.0762. The van der Waals surface area contributed by atoms with Crippen LogP contribution in [0.25, 0.3) is 0 Å². The summed E-state index contributed by atoms with van der Waals surface area (Å²) >= 11 is 1.48. The second-order valence-electron chi connectivity index (χ2n) is 7.37. The van der Waals surface area contributed by atoms with Gasteiger partial charge < -0.3 is 10.2 Å². The predicted octanol–water partition coefficient (Wildman–Crippen LogP) is 3.25. The number of carbonyl (C=O) groups is 1. The number of rotatable bonds is 3. The zero-order chi connectivity index (χ0) is 18.1. The minimum Gasteiger partial charge on any atom is -0.338 e. The zero-order valence-corrected chi connectivity index (χ0v) is 15.8. The quantitative estimate of drug-likeness (QED) is 0.898. The van der Waals surface area contributed by atoms with E-state index in [1.165, 1.54) is 23.5 Å². The minimum absolute atomic E-state index is 0.123. The Bertz CT molecular complexity index is 775. The molecule has 1 aromatic heterocycles. The molecule has 0 spiro atoms. The lowest BCUT2D eigenvalue weighted by atomic mass is 9.92. The smallest absolute Gasteiger partial charge is 0.265 e. The van der Waals surface area contributed by atoms with Gasteiger partial charge in [-0.25, -0.2) is 9.37 Å². The summed E-state index contributed by atoms with van der Waals surface area (Å²) in [6, 6.07) is 6.47. The van der Waals surface area contributed by atoms with E-state index in [1.54, 1.807) is 12.1 Å². The van der Waals surface area contributed by atoms with E-state index < -0.39 is 0 Å². The van der Waals surface area contributed by atoms with Crippen molar-refractivity contribution in [2.75, 3.05) is 26.2 Å². The number of hydrogen-bond donors (Lipinski definition) is 1. The first-order chi connectivity index (χ1) is 12.6. The second kappa shape index (κ2) is 7.45. The number of benzene rings is 1. The van der Waals surface area contributed by atoms with E-state index in [2.05, 4.69) is 10.3 Å². The third-order valence-corrected chi connectivity index (χ3v) is 6.76. The highest BCUT2D eigenvalue weighted by Gasteiger charge is 2.32. The fraction of sp³-hybridized carbons (Fsp3) is 0.500. The number of aryl methyl sites for hydroxylation is 1. The zero-order valence-electron chi connectivity index (χ0n) is 15.0. The molecule has 0 bridgehead atoms. The van der Waals surface area contributed by atoms with Gasteiger partial charge in [-0.05, 0) is 62.4 Å². The highest BCUT2D eigenvalue weighted by molar-refractivity contribution is 7.13. The van der Waals surface area contributed by atoms with Crippen LogP contribution in [0.2, 0.25) is 0 Å². The number of nitrogens with one attached hydrogen (secondary N) is 1. The van der Waals surface area contributed by atoms with Crippen LogP contribution in [0.5, 0.6) is 0 Å². The molecule has 0 radical (unpaired) electrons. The van der Waals surface area contributed by atoms with Crippen molar-refractivity contribution in [3.8, 4) is 0 Å². The lowest BCUT2D eigenvalue weighted by Gasteiger charge is -2.20. The minimum atomic E-state index is -0.235. The summed E-state index contributed by atoms with van der Waals surface area (Å²) in [4.78, 5) is 20.4. The van der Waals surface area contributed by atoms with Gasteiger partial charge in [0.25, 0.3) is 5.91 Å². The van der Waals surface area contributed by atoms with Crippen LogP contribution < -0.4 is 5.32 Å². The van der Waals surface area contributed by atoms with Gasteiger partial charge in [-0.3, -0.25) is 4.79 Å². The maximum atomic E-state index is 13.1. The molecule has 2 aliphatic heterocycles. The molecule has 4 rings (SSSR count). The van der Waals surface area contributed by atoms with Crippen LogP contribution in [-0.4, -0.2) is 42.0 Å². The molecule has 0 unspecified atom stereocenters. The SMILES string of the molecule is Cc1nc(Cc2ccc(F)cc2)sc1C(=O)N1CC[C@@H]2CNC[C@@H]2CC1. The topological polar surface area (TPSA) is 45.2 Å². The Balaban J connectivity index is 1.46. The maximum Gasteiger partial charge on any atom is 0.265 e. The predicted molar refractivity (Wildman–Crippen MR) is 101 cm³/mol. The van der Waals surface area contributed by atoms with Gasteiger partial charge >= 0.3 is 0 Å². The van der Waals surface area contributed by atoms with Gasteiger partial charge in [-0.2, -0.15) is 0 Å². The summed E-state index contributed by atoms with van der Waals surface area (Å²) in [5, 5.41) is 4.38. The van der Waals surface area contributed by atoms with Crippen molar-refractivity contribution in [2.24, 2.45) is 11.8 Å². The Morgan fingerprint density at radius 3 is 2.54 bits per heavy atom. The van der Waals surface area contributed by atoms with Crippen molar-refractivity contribution in [1.82, 2.24) is 15.2 Å². The van der Waals surface area contributed by atoms with E-state index in [1.807, 2.05) is 11.8 Å². The van der Waals surface area contributed by atoms with Crippen molar-refractivity contribution in [2.45, 2.75) is 26.2 Å². The number of hydrogen-bond acceptors (Lipinski definition) is 4. The molecule has 3 heterocycles. The molecule has 138 valence electrons. The number of amides is 1. The van der Waals surface area contributed by atoms with Crippen LogP contribution >= 0.6 is 11.3 Å². The summed E-state index contributed by atoms with van der Waals surface area (Å²) in [7, 11) is 0. The summed E-state index contributed by atoms with van der Waals surface area (Å²) in [5.41, 5.74) is 1.82. The standard InChI is InChI=1S/C20H24FN3OS/c1-13-19(26-18(23-13)10-14-2-4-17(21)5-3-14)20(25)24-8-6-15-11-22-12-16(15)7-9-24/h2-5,15-16,22H,6-12H2,1H3/t15-,16+. The van der Waals surface area contributed by atoms with Gasteiger partial charge in [0.2, 0.25) is 0 Å². The maximum absolute atomic E-state index is 13.1. The van der Waals surface area contributed by atoms with Gasteiger partial charge in [0.1, 0.15) is 10.7 Å². The Morgan fingerprint density at radius 2 is 1.88 bits per heavy atom. The van der Waals surface area contributed by atoms with Gasteiger partial charge in [-0.15, -0.1) is 11.3 Å². The molecular weight excluding hydrogens is 349 g/mol. The van der Waals surface area contributed by atoms with Gasteiger partial charge in [0.15, 0.2) is 0 Å². The lowest BCUT2D eigenvalue weighted by Crippen LogP contribution is -2.32. The van der Waals surface area contributed by atoms with E-state index in [-0.39, 0.29) is 11.7 Å². The van der Waals surface area contributed by atoms with Crippen molar-refractivity contribution in [3.05, 3.63) is 51.2 Å². The number of aromatic nitrogens is 1. The number of nitrogens with zero attached hydrogens (tertiary/aromatic N) is 2. The number of likely N-dealkylation sites (tertiary alicyclic amines) is 1. The molecule has 1 amide bonds. The van der Waals surface area contributed by atoms with Crippen LogP contribution in [0.3, 0.4) is 0 Å². The highest BCUT2D eigenvalue weighted by Crippen LogP contribution is 2.29. The van der Waals surface area contributed by atoms with Crippen molar-refractivity contribution >= 4 is 17.2 Å². The van der Waals surface area contributed by atoms with Crippen LogP contribution in [0.4, 0.5) is 4.39 Å². The van der Waals surface area contributed by atoms with Crippen molar-refractivity contribution in [1.29, 1.82) is 0 Å². The molecule has 2 aliphatic rings. The fourth-order valence-electron chi connectivity index (χ4n) is 4.07. The molecule has 26 heavy (non-hydrogen) atoms. The van der Waals surface area contributed by atoms with E-state index in [4.69, 9.17) is 0 Å². The molecule has 2 fully saturated rings. The number of carbonyl (C=O) groups excluding carboxylic acids is 1. The average molecular weight is 373 g/mol. The highest BCUT2D eigenvalue weighted by atomic mass is 32.1. The van der Waals surface area contributed by atoms with E-state index >= 15 is 0 Å². The van der Waals surface area contributed by atoms with Crippen LogP contribution in [0.15, 0.2) is 24.3 Å². The molecular formula is C20H24FN3OS.